The molecule has 0 bridgehead atoms. The van der Waals surface area contributed by atoms with Crippen LogP contribution in [0.15, 0.2) is 0 Å². The highest BCUT2D eigenvalue weighted by Crippen LogP contribution is 2.32. The van der Waals surface area contributed by atoms with Crippen molar-refractivity contribution in [1.29, 1.82) is 0 Å². The molecule has 3 fully saturated rings. The summed E-state index contributed by atoms with van der Waals surface area (Å²) in [6, 6.07) is -0.0850. The summed E-state index contributed by atoms with van der Waals surface area (Å²) < 4.78 is 26.5. The molecule has 6 heteroatoms. The zero-order valence-corrected chi connectivity index (χ0v) is 10.6. The van der Waals surface area contributed by atoms with Gasteiger partial charge in [-0.3, -0.25) is 4.79 Å². The van der Waals surface area contributed by atoms with Crippen LogP contribution in [0.25, 0.3) is 0 Å². The van der Waals surface area contributed by atoms with Crippen LogP contribution in [0.2, 0.25) is 0 Å². The molecule has 0 aromatic carbocycles. The van der Waals surface area contributed by atoms with E-state index in [0.29, 0.717) is 6.42 Å². The third kappa shape index (κ3) is 2.08. The molecule has 3 rings (SSSR count). The van der Waals surface area contributed by atoms with Gasteiger partial charge in [0.25, 0.3) is 0 Å². The summed E-state index contributed by atoms with van der Waals surface area (Å²) >= 11 is 0. The van der Waals surface area contributed by atoms with E-state index in [-0.39, 0.29) is 23.2 Å². The number of hydrogen-bond donors (Lipinski definition) is 1. The Kier molecular flexibility index (Phi) is 2.66. The van der Waals surface area contributed by atoms with Gasteiger partial charge in [-0.2, -0.15) is 0 Å². The predicted molar refractivity (Wildman–Crippen MR) is 62.8 cm³/mol. The molecule has 1 aliphatic carbocycles. The molecule has 5 nitrogen and oxygen atoms in total. The van der Waals surface area contributed by atoms with Gasteiger partial charge < -0.3 is 4.90 Å². The Morgan fingerprint density at radius 2 is 1.94 bits per heavy atom. The summed E-state index contributed by atoms with van der Waals surface area (Å²) in [6.45, 7) is 0.797. The van der Waals surface area contributed by atoms with Crippen LogP contribution in [0.5, 0.6) is 0 Å². The van der Waals surface area contributed by atoms with Gasteiger partial charge in [0.1, 0.15) is 0 Å². The molecule has 0 radical (unpaired) electrons. The summed E-state index contributed by atoms with van der Waals surface area (Å²) in [4.78, 5) is 13.6. The van der Waals surface area contributed by atoms with Crippen LogP contribution < -0.4 is 4.72 Å². The Balaban J connectivity index is 1.73. The van der Waals surface area contributed by atoms with Gasteiger partial charge in [-0.15, -0.1) is 0 Å². The lowest BCUT2D eigenvalue weighted by atomic mass is 10.00. The summed E-state index contributed by atoms with van der Waals surface area (Å²) in [7, 11) is -3.17. The first kappa shape index (κ1) is 11.5. The zero-order valence-electron chi connectivity index (χ0n) is 9.76. The Bertz CT molecular complexity index is 430. The van der Waals surface area contributed by atoms with Gasteiger partial charge in [0, 0.05) is 19.0 Å². The van der Waals surface area contributed by atoms with Gasteiger partial charge >= 0.3 is 0 Å². The predicted octanol–water partition coefficient (Wildman–Crippen LogP) is 0.222. The van der Waals surface area contributed by atoms with Gasteiger partial charge in [-0.25, -0.2) is 13.1 Å². The number of nitrogens with zero attached hydrogens (tertiary/aromatic N) is 1. The molecule has 2 aliphatic heterocycles. The second-order valence-electron chi connectivity index (χ2n) is 5.32. The second kappa shape index (κ2) is 3.95. The highest BCUT2D eigenvalue weighted by atomic mass is 32.2. The number of amides is 1. The summed E-state index contributed by atoms with van der Waals surface area (Å²) in [5, 5.41) is -0.199. The van der Waals surface area contributed by atoms with E-state index >= 15 is 0 Å². The molecule has 96 valence electrons. The average molecular weight is 258 g/mol. The Labute approximate surface area is 102 Å². The molecular formula is C11H18N2O3S. The molecule has 1 saturated carbocycles. The molecule has 2 atom stereocenters. The number of carbonyl (C=O) groups is 1. The zero-order chi connectivity index (χ0) is 12.0. The number of hydrogen-bond acceptors (Lipinski definition) is 3. The number of sulfonamides is 1. The van der Waals surface area contributed by atoms with E-state index in [0.717, 1.165) is 38.6 Å². The number of fused-ring (bicyclic) bond motifs is 1. The molecule has 17 heavy (non-hydrogen) atoms. The Morgan fingerprint density at radius 1 is 1.18 bits per heavy atom. The lowest BCUT2D eigenvalue weighted by Gasteiger charge is -2.32. The highest BCUT2D eigenvalue weighted by molar-refractivity contribution is 7.90. The van der Waals surface area contributed by atoms with Crippen molar-refractivity contribution in [1.82, 2.24) is 9.62 Å². The van der Waals surface area contributed by atoms with E-state index in [9.17, 15) is 13.2 Å². The SMILES string of the molecule is O=C1C[C@H](NS(=O)(=O)C2CC2)[C@H]2CCCCN12. The largest absolute Gasteiger partial charge is 0.338 e. The monoisotopic (exact) mass is 258 g/mol. The van der Waals surface area contributed by atoms with E-state index in [1.165, 1.54) is 0 Å². The van der Waals surface area contributed by atoms with Crippen molar-refractivity contribution < 1.29 is 13.2 Å². The van der Waals surface area contributed by atoms with Crippen LogP contribution in [0.3, 0.4) is 0 Å². The van der Waals surface area contributed by atoms with Crippen LogP contribution in [0, 0.1) is 0 Å². The standard InChI is InChI=1S/C11H18N2O3S/c14-11-7-9(10-3-1-2-6-13(10)11)12-17(15,16)8-4-5-8/h8-10,12H,1-7H2/t9-,10+/m0/s1. The number of piperidine rings is 1. The van der Waals surface area contributed by atoms with Gasteiger partial charge in [0.2, 0.25) is 15.9 Å². The molecule has 0 unspecified atom stereocenters. The fraction of sp³-hybridized carbons (Fsp3) is 0.909. The molecule has 2 heterocycles. The van der Waals surface area contributed by atoms with Gasteiger partial charge in [-0.1, -0.05) is 0 Å². The van der Waals surface area contributed by atoms with Gasteiger partial charge in [0.05, 0.1) is 11.3 Å². The second-order valence-corrected chi connectivity index (χ2v) is 7.32. The van der Waals surface area contributed by atoms with E-state index in [1.807, 2.05) is 4.90 Å². The molecule has 1 N–H and O–H groups in total. The maximum atomic E-state index is 11.9. The first-order valence-electron chi connectivity index (χ1n) is 6.38. The molecule has 2 saturated heterocycles. The molecule has 0 aromatic rings. The minimum Gasteiger partial charge on any atom is -0.338 e. The van der Waals surface area contributed by atoms with E-state index in [4.69, 9.17) is 0 Å². The van der Waals surface area contributed by atoms with Crippen molar-refractivity contribution in [2.45, 2.75) is 55.9 Å². The van der Waals surface area contributed by atoms with Crippen LogP contribution in [-0.4, -0.2) is 43.1 Å². The van der Waals surface area contributed by atoms with Crippen LogP contribution in [-0.2, 0) is 14.8 Å². The van der Waals surface area contributed by atoms with Crippen molar-refractivity contribution in [2.75, 3.05) is 6.54 Å². The third-order valence-electron chi connectivity index (χ3n) is 4.01. The normalized spacial score (nSPS) is 33.9. The fourth-order valence-electron chi connectivity index (χ4n) is 2.93. The smallest absolute Gasteiger partial charge is 0.224 e. The quantitative estimate of drug-likeness (QED) is 0.787. The van der Waals surface area contributed by atoms with Gasteiger partial charge in [-0.05, 0) is 32.1 Å². The highest BCUT2D eigenvalue weighted by Gasteiger charge is 2.45. The number of carbonyl (C=O) groups excluding carboxylic acids is 1. The molecule has 0 spiro atoms. The van der Waals surface area contributed by atoms with Crippen molar-refractivity contribution in [3.05, 3.63) is 0 Å². The summed E-state index contributed by atoms with van der Waals surface area (Å²) in [6.07, 6.45) is 4.95. The Morgan fingerprint density at radius 3 is 2.65 bits per heavy atom. The summed E-state index contributed by atoms with van der Waals surface area (Å²) in [5.74, 6) is 0.109. The van der Waals surface area contributed by atoms with Crippen molar-refractivity contribution in [2.24, 2.45) is 0 Å². The van der Waals surface area contributed by atoms with Crippen molar-refractivity contribution in [3.8, 4) is 0 Å². The van der Waals surface area contributed by atoms with Crippen molar-refractivity contribution >= 4 is 15.9 Å². The summed E-state index contributed by atoms with van der Waals surface area (Å²) in [5.41, 5.74) is 0. The van der Waals surface area contributed by atoms with Crippen LogP contribution in [0.1, 0.15) is 38.5 Å². The topological polar surface area (TPSA) is 66.5 Å². The van der Waals surface area contributed by atoms with E-state index < -0.39 is 10.0 Å². The van der Waals surface area contributed by atoms with Crippen LogP contribution in [0.4, 0.5) is 0 Å². The molecular weight excluding hydrogens is 240 g/mol. The van der Waals surface area contributed by atoms with E-state index in [2.05, 4.69) is 4.72 Å². The first-order valence-corrected chi connectivity index (χ1v) is 7.93. The lowest BCUT2D eigenvalue weighted by molar-refractivity contribution is -0.129. The molecule has 1 amide bonds. The minimum absolute atomic E-state index is 0.102. The van der Waals surface area contributed by atoms with Crippen molar-refractivity contribution in [3.63, 3.8) is 0 Å². The fourth-order valence-corrected chi connectivity index (χ4v) is 4.54. The number of nitrogens with one attached hydrogen (secondary N) is 1. The first-order chi connectivity index (χ1) is 8.08. The Hall–Kier alpha value is -0.620. The van der Waals surface area contributed by atoms with Gasteiger partial charge in [0.15, 0.2) is 0 Å². The van der Waals surface area contributed by atoms with Crippen LogP contribution >= 0.6 is 0 Å². The maximum Gasteiger partial charge on any atom is 0.224 e. The molecule has 3 aliphatic rings. The third-order valence-corrected chi connectivity index (χ3v) is 5.99. The maximum absolute atomic E-state index is 11.9. The average Bonchev–Trinajstić information content (AvgIpc) is 3.08. The molecule has 0 aromatic heterocycles. The lowest BCUT2D eigenvalue weighted by Crippen LogP contribution is -2.47. The number of rotatable bonds is 3. The minimum atomic E-state index is -3.17. The van der Waals surface area contributed by atoms with E-state index in [1.54, 1.807) is 0 Å².